The molecule has 0 atom stereocenters. The van der Waals surface area contributed by atoms with E-state index in [0.717, 1.165) is 31.6 Å². The van der Waals surface area contributed by atoms with Gasteiger partial charge in [0.1, 0.15) is 0 Å². The summed E-state index contributed by atoms with van der Waals surface area (Å²) in [6, 6.07) is 7.16. The van der Waals surface area contributed by atoms with Gasteiger partial charge >= 0.3 is 0 Å². The van der Waals surface area contributed by atoms with Crippen LogP contribution in [0.3, 0.4) is 0 Å². The summed E-state index contributed by atoms with van der Waals surface area (Å²) in [6.07, 6.45) is 4.25. The molecule has 0 radical (unpaired) electrons. The van der Waals surface area contributed by atoms with Crippen molar-refractivity contribution < 1.29 is 8.42 Å². The molecule has 2 rings (SSSR count). The predicted molar refractivity (Wildman–Crippen MR) is 87.2 cm³/mol. The molecule has 5 heteroatoms. The van der Waals surface area contributed by atoms with Gasteiger partial charge in [0.2, 0.25) is 0 Å². The summed E-state index contributed by atoms with van der Waals surface area (Å²) < 4.78 is 24.5. The molecule has 1 fully saturated rings. The second kappa shape index (κ2) is 6.36. The lowest BCUT2D eigenvalue weighted by molar-refractivity contribution is 0.271. The Morgan fingerprint density at radius 3 is 2.48 bits per heavy atom. The molecule has 0 heterocycles. The monoisotopic (exact) mass is 310 g/mol. The zero-order valence-electron chi connectivity index (χ0n) is 12.9. The van der Waals surface area contributed by atoms with Crippen molar-refractivity contribution in [1.29, 1.82) is 0 Å². The minimum Gasteiger partial charge on any atom is -0.377 e. The summed E-state index contributed by atoms with van der Waals surface area (Å²) in [5, 5.41) is 3.47. The smallest absolute Gasteiger partial charge is 0.180 e. The molecule has 21 heavy (non-hydrogen) atoms. The first-order chi connectivity index (χ1) is 9.92. The van der Waals surface area contributed by atoms with Gasteiger partial charge in [0.15, 0.2) is 9.84 Å². The molecule has 1 saturated carbocycles. The summed E-state index contributed by atoms with van der Waals surface area (Å²) in [4.78, 5) is 0.388. The van der Waals surface area contributed by atoms with Crippen LogP contribution >= 0.6 is 0 Å². The lowest BCUT2D eigenvalue weighted by Crippen LogP contribution is -2.48. The Labute approximate surface area is 128 Å². The Kier molecular flexibility index (Phi) is 4.94. The van der Waals surface area contributed by atoms with Crippen LogP contribution in [0.5, 0.6) is 0 Å². The van der Waals surface area contributed by atoms with Crippen molar-refractivity contribution in [3.8, 4) is 0 Å². The van der Waals surface area contributed by atoms with E-state index in [1.54, 1.807) is 19.1 Å². The molecule has 0 aliphatic heterocycles. The van der Waals surface area contributed by atoms with Gasteiger partial charge in [-0.3, -0.25) is 0 Å². The molecule has 1 aromatic carbocycles. The Morgan fingerprint density at radius 1 is 1.29 bits per heavy atom. The first-order valence-electron chi connectivity index (χ1n) is 7.72. The lowest BCUT2D eigenvalue weighted by atomic mass is 9.77. The first kappa shape index (κ1) is 16.3. The predicted octanol–water partition coefficient (Wildman–Crippen LogP) is 2.80. The highest BCUT2D eigenvalue weighted by molar-refractivity contribution is 7.91. The van der Waals surface area contributed by atoms with Crippen molar-refractivity contribution in [3.63, 3.8) is 0 Å². The largest absolute Gasteiger partial charge is 0.377 e. The average Bonchev–Trinajstić information content (AvgIpc) is 2.50. The molecule has 0 amide bonds. The molecule has 0 spiro atoms. The number of hydrogen-bond donors (Lipinski definition) is 2. The topological polar surface area (TPSA) is 72.2 Å². The van der Waals surface area contributed by atoms with Crippen LogP contribution in [0, 0.1) is 5.92 Å². The van der Waals surface area contributed by atoms with Crippen molar-refractivity contribution in [2.75, 3.05) is 17.6 Å². The maximum atomic E-state index is 12.2. The van der Waals surface area contributed by atoms with E-state index in [2.05, 4.69) is 12.2 Å². The van der Waals surface area contributed by atoms with Crippen LogP contribution in [-0.2, 0) is 9.84 Å². The molecule has 3 N–H and O–H groups in total. The highest BCUT2D eigenvalue weighted by atomic mass is 32.2. The fourth-order valence-electron chi connectivity index (χ4n) is 2.98. The Hall–Kier alpha value is -1.07. The third-order valence-corrected chi connectivity index (χ3v) is 6.41. The molecule has 0 bridgehead atoms. The van der Waals surface area contributed by atoms with Gasteiger partial charge in [0, 0.05) is 12.1 Å². The van der Waals surface area contributed by atoms with E-state index in [1.807, 2.05) is 12.1 Å². The molecular weight excluding hydrogens is 284 g/mol. The number of benzene rings is 1. The van der Waals surface area contributed by atoms with Crippen molar-refractivity contribution >= 4 is 15.5 Å². The van der Waals surface area contributed by atoms with Crippen LogP contribution in [0.1, 0.15) is 39.5 Å². The zero-order chi connectivity index (χ0) is 15.5. The fourth-order valence-corrected chi connectivity index (χ4v) is 4.03. The van der Waals surface area contributed by atoms with Crippen LogP contribution in [0.25, 0.3) is 0 Å². The average molecular weight is 310 g/mol. The molecule has 4 nitrogen and oxygen atoms in total. The van der Waals surface area contributed by atoms with Gasteiger partial charge in [-0.25, -0.2) is 8.42 Å². The maximum Gasteiger partial charge on any atom is 0.180 e. The number of sulfone groups is 1. The van der Waals surface area contributed by atoms with Crippen LogP contribution in [-0.4, -0.2) is 26.3 Å². The Bertz CT molecular complexity index is 576. The number of anilines is 1. The number of hydrogen-bond acceptors (Lipinski definition) is 4. The summed E-state index contributed by atoms with van der Waals surface area (Å²) >= 11 is 0. The standard InChI is InChI=1S/C16H26N2O2S/c1-3-21(19,20)15-7-5-4-6-14(15)18-16(12-17)10-8-13(2)9-11-16/h4-7,13,18H,3,8-12,17H2,1-2H3. The van der Waals surface area contributed by atoms with Crippen molar-refractivity contribution in [2.45, 2.75) is 50.0 Å². The maximum absolute atomic E-state index is 12.2. The van der Waals surface area contributed by atoms with Crippen molar-refractivity contribution in [1.82, 2.24) is 0 Å². The second-order valence-corrected chi connectivity index (χ2v) is 8.44. The minimum atomic E-state index is -3.23. The summed E-state index contributed by atoms with van der Waals surface area (Å²) in [6.45, 7) is 4.46. The van der Waals surface area contributed by atoms with E-state index in [9.17, 15) is 8.42 Å². The van der Waals surface area contributed by atoms with Crippen LogP contribution in [0.2, 0.25) is 0 Å². The highest BCUT2D eigenvalue weighted by Gasteiger charge is 2.34. The zero-order valence-corrected chi connectivity index (χ0v) is 13.7. The molecule has 1 aliphatic carbocycles. The SMILES string of the molecule is CCS(=O)(=O)c1ccccc1NC1(CN)CCC(C)CC1. The van der Waals surface area contributed by atoms with E-state index in [0.29, 0.717) is 17.1 Å². The van der Waals surface area contributed by atoms with Gasteiger partial charge in [0.25, 0.3) is 0 Å². The molecule has 1 aliphatic rings. The Balaban J connectivity index is 2.31. The molecule has 1 aromatic rings. The van der Waals surface area contributed by atoms with E-state index < -0.39 is 9.84 Å². The van der Waals surface area contributed by atoms with E-state index in [-0.39, 0.29) is 11.3 Å². The van der Waals surface area contributed by atoms with Gasteiger partial charge in [-0.15, -0.1) is 0 Å². The number of rotatable bonds is 5. The number of para-hydroxylation sites is 1. The van der Waals surface area contributed by atoms with Crippen molar-refractivity contribution in [3.05, 3.63) is 24.3 Å². The van der Waals surface area contributed by atoms with Crippen LogP contribution in [0.15, 0.2) is 29.2 Å². The molecular formula is C16H26N2O2S. The molecule has 0 aromatic heterocycles. The van der Waals surface area contributed by atoms with Gasteiger partial charge < -0.3 is 11.1 Å². The van der Waals surface area contributed by atoms with E-state index >= 15 is 0 Å². The normalized spacial score (nSPS) is 26.5. The van der Waals surface area contributed by atoms with Gasteiger partial charge in [-0.1, -0.05) is 26.0 Å². The number of nitrogens with two attached hydrogens (primary N) is 1. The van der Waals surface area contributed by atoms with Crippen LogP contribution in [0.4, 0.5) is 5.69 Å². The third kappa shape index (κ3) is 3.58. The van der Waals surface area contributed by atoms with Gasteiger partial charge in [0.05, 0.1) is 16.3 Å². The van der Waals surface area contributed by atoms with E-state index in [4.69, 9.17) is 5.73 Å². The Morgan fingerprint density at radius 2 is 1.90 bits per heavy atom. The highest BCUT2D eigenvalue weighted by Crippen LogP contribution is 2.35. The third-order valence-electron chi connectivity index (χ3n) is 4.62. The van der Waals surface area contributed by atoms with E-state index in [1.165, 1.54) is 0 Å². The first-order valence-corrected chi connectivity index (χ1v) is 9.38. The molecule has 0 saturated heterocycles. The van der Waals surface area contributed by atoms with Gasteiger partial charge in [-0.05, 0) is 43.7 Å². The summed E-state index contributed by atoms with van der Waals surface area (Å²) in [5.74, 6) is 0.833. The lowest BCUT2D eigenvalue weighted by Gasteiger charge is -2.40. The van der Waals surface area contributed by atoms with Gasteiger partial charge in [-0.2, -0.15) is 0 Å². The fraction of sp³-hybridized carbons (Fsp3) is 0.625. The summed E-state index contributed by atoms with van der Waals surface area (Å²) in [7, 11) is -3.23. The minimum absolute atomic E-state index is 0.109. The van der Waals surface area contributed by atoms with Crippen molar-refractivity contribution in [2.24, 2.45) is 11.7 Å². The quantitative estimate of drug-likeness (QED) is 0.877. The molecule has 118 valence electrons. The second-order valence-electron chi connectivity index (χ2n) is 6.19. The van der Waals surface area contributed by atoms with Crippen LogP contribution < -0.4 is 11.1 Å². The molecule has 0 unspecified atom stereocenters. The summed E-state index contributed by atoms with van der Waals surface area (Å²) in [5.41, 5.74) is 6.53. The number of nitrogens with one attached hydrogen (secondary N) is 1.